The molecule has 4 rings (SSSR count). The van der Waals surface area contributed by atoms with Crippen LogP contribution < -0.4 is 9.86 Å². The molecule has 1 fully saturated rings. The standard InChI is InChI=1S/C24H31N5O3S/c1-4-28(20-8-6-5-7-9-20)33(31,32)21-10-11-23(25-17-21)29-24(30)22(18(2)26-29)16-19-12-14-27(3)15-13-19/h5-11,17,19,26H,4,12-16H2,1-3H3. The fourth-order valence-electron chi connectivity index (χ4n) is 4.41. The molecular weight excluding hydrogens is 438 g/mol. The highest BCUT2D eigenvalue weighted by Gasteiger charge is 2.25. The lowest BCUT2D eigenvalue weighted by Crippen LogP contribution is -2.32. The molecule has 1 aliphatic heterocycles. The van der Waals surface area contributed by atoms with Crippen LogP contribution in [0.4, 0.5) is 5.69 Å². The van der Waals surface area contributed by atoms with Crippen LogP contribution in [0.1, 0.15) is 31.0 Å². The minimum atomic E-state index is -3.77. The minimum Gasteiger partial charge on any atom is -0.306 e. The fourth-order valence-corrected chi connectivity index (χ4v) is 5.83. The van der Waals surface area contributed by atoms with Crippen molar-refractivity contribution in [2.24, 2.45) is 5.92 Å². The zero-order valence-electron chi connectivity index (χ0n) is 19.4. The van der Waals surface area contributed by atoms with E-state index in [1.807, 2.05) is 13.0 Å². The van der Waals surface area contributed by atoms with Crippen molar-refractivity contribution in [1.82, 2.24) is 19.7 Å². The van der Waals surface area contributed by atoms with Gasteiger partial charge in [-0.1, -0.05) is 18.2 Å². The Balaban J connectivity index is 1.58. The van der Waals surface area contributed by atoms with E-state index in [0.29, 0.717) is 24.0 Å². The molecule has 0 unspecified atom stereocenters. The number of rotatable bonds is 7. The molecule has 2 aromatic heterocycles. The summed E-state index contributed by atoms with van der Waals surface area (Å²) in [6.45, 7) is 6.10. The van der Waals surface area contributed by atoms with E-state index in [0.717, 1.165) is 43.6 Å². The number of aromatic nitrogens is 3. The molecule has 176 valence electrons. The largest absolute Gasteiger partial charge is 0.306 e. The highest BCUT2D eigenvalue weighted by molar-refractivity contribution is 7.92. The average Bonchev–Trinajstić information content (AvgIpc) is 3.10. The van der Waals surface area contributed by atoms with E-state index < -0.39 is 10.0 Å². The topological polar surface area (TPSA) is 91.3 Å². The van der Waals surface area contributed by atoms with E-state index in [1.165, 1.54) is 21.3 Å². The molecule has 0 atom stereocenters. The Labute approximate surface area is 194 Å². The highest BCUT2D eigenvalue weighted by atomic mass is 32.2. The van der Waals surface area contributed by atoms with Gasteiger partial charge in [-0.2, -0.15) is 0 Å². The van der Waals surface area contributed by atoms with Gasteiger partial charge in [0.25, 0.3) is 15.6 Å². The summed E-state index contributed by atoms with van der Waals surface area (Å²) < 4.78 is 29.1. The molecule has 9 heteroatoms. The maximum absolute atomic E-state index is 13.2. The summed E-state index contributed by atoms with van der Waals surface area (Å²) >= 11 is 0. The van der Waals surface area contributed by atoms with Gasteiger partial charge in [0.15, 0.2) is 5.82 Å². The molecule has 1 N–H and O–H groups in total. The number of H-pyrrole nitrogens is 1. The van der Waals surface area contributed by atoms with Crippen molar-refractivity contribution >= 4 is 15.7 Å². The van der Waals surface area contributed by atoms with Crippen LogP contribution >= 0.6 is 0 Å². The third kappa shape index (κ3) is 4.74. The van der Waals surface area contributed by atoms with Gasteiger partial charge in [0.1, 0.15) is 4.90 Å². The van der Waals surface area contributed by atoms with Crippen molar-refractivity contribution in [3.8, 4) is 5.82 Å². The molecule has 3 heterocycles. The maximum Gasteiger partial charge on any atom is 0.276 e. The minimum absolute atomic E-state index is 0.0832. The number of nitrogens with one attached hydrogen (secondary N) is 1. The third-order valence-corrected chi connectivity index (χ3v) is 8.28. The molecule has 3 aromatic rings. The maximum atomic E-state index is 13.2. The lowest BCUT2D eigenvalue weighted by Gasteiger charge is -2.28. The van der Waals surface area contributed by atoms with Crippen LogP contribution in [0.15, 0.2) is 58.4 Å². The molecule has 8 nitrogen and oxygen atoms in total. The lowest BCUT2D eigenvalue weighted by atomic mass is 9.90. The van der Waals surface area contributed by atoms with Crippen LogP contribution in [0.2, 0.25) is 0 Å². The number of likely N-dealkylation sites (tertiary alicyclic amines) is 1. The number of hydrogen-bond acceptors (Lipinski definition) is 5. The first-order valence-corrected chi connectivity index (χ1v) is 12.8. The van der Waals surface area contributed by atoms with Gasteiger partial charge in [0, 0.05) is 24.0 Å². The fraction of sp³-hybridized carbons (Fsp3) is 0.417. The van der Waals surface area contributed by atoms with Gasteiger partial charge in [0.05, 0.1) is 5.69 Å². The first kappa shape index (κ1) is 23.3. The van der Waals surface area contributed by atoms with Crippen LogP contribution in [0.3, 0.4) is 0 Å². The monoisotopic (exact) mass is 469 g/mol. The third-order valence-electron chi connectivity index (χ3n) is 6.39. The number of aryl methyl sites for hydroxylation is 1. The quantitative estimate of drug-likeness (QED) is 0.574. The Bertz CT molecular complexity index is 1240. The first-order valence-electron chi connectivity index (χ1n) is 11.3. The number of benzene rings is 1. The number of piperidine rings is 1. The number of anilines is 1. The van der Waals surface area contributed by atoms with Crippen molar-refractivity contribution in [1.29, 1.82) is 0 Å². The second-order valence-electron chi connectivity index (χ2n) is 8.66. The molecule has 0 amide bonds. The molecule has 33 heavy (non-hydrogen) atoms. The normalized spacial score (nSPS) is 15.6. The summed E-state index contributed by atoms with van der Waals surface area (Å²) in [7, 11) is -1.65. The van der Waals surface area contributed by atoms with Gasteiger partial charge in [-0.15, -0.1) is 0 Å². The Kier molecular flexibility index (Phi) is 6.71. The first-order chi connectivity index (χ1) is 15.8. The number of pyridine rings is 1. The molecule has 0 aliphatic carbocycles. The zero-order valence-corrected chi connectivity index (χ0v) is 20.2. The lowest BCUT2D eigenvalue weighted by molar-refractivity contribution is 0.218. The van der Waals surface area contributed by atoms with Crippen molar-refractivity contribution in [2.75, 3.05) is 31.0 Å². The molecule has 1 saturated heterocycles. The van der Waals surface area contributed by atoms with Crippen molar-refractivity contribution < 1.29 is 8.42 Å². The second kappa shape index (κ2) is 9.52. The van der Waals surface area contributed by atoms with Crippen molar-refractivity contribution in [3.05, 3.63) is 70.3 Å². The Morgan fingerprint density at radius 3 is 2.42 bits per heavy atom. The summed E-state index contributed by atoms with van der Waals surface area (Å²) in [5.74, 6) is 0.870. The van der Waals surface area contributed by atoms with E-state index in [4.69, 9.17) is 0 Å². The van der Waals surface area contributed by atoms with E-state index >= 15 is 0 Å². The highest BCUT2D eigenvalue weighted by Crippen LogP contribution is 2.24. The van der Waals surface area contributed by atoms with Crippen LogP contribution in [-0.2, 0) is 16.4 Å². The molecule has 0 radical (unpaired) electrons. The molecule has 1 aliphatic rings. The predicted molar refractivity (Wildman–Crippen MR) is 129 cm³/mol. The van der Waals surface area contributed by atoms with Crippen molar-refractivity contribution in [3.63, 3.8) is 0 Å². The molecule has 0 saturated carbocycles. The number of para-hydroxylation sites is 1. The van der Waals surface area contributed by atoms with Crippen molar-refractivity contribution in [2.45, 2.75) is 38.0 Å². The molecule has 1 aromatic carbocycles. The molecule has 0 spiro atoms. The number of nitrogens with zero attached hydrogens (tertiary/aromatic N) is 4. The SMILES string of the molecule is CCN(c1ccccc1)S(=O)(=O)c1ccc(-n2[nH]c(C)c(CC3CCN(C)CC3)c2=O)nc1. The van der Waals surface area contributed by atoms with Gasteiger partial charge < -0.3 is 4.90 Å². The van der Waals surface area contributed by atoms with Crippen LogP contribution in [0, 0.1) is 12.8 Å². The summed E-state index contributed by atoms with van der Waals surface area (Å²) in [5.41, 5.74) is 2.09. The number of hydrogen-bond donors (Lipinski definition) is 1. The summed E-state index contributed by atoms with van der Waals surface area (Å²) in [6.07, 6.45) is 4.23. The summed E-state index contributed by atoms with van der Waals surface area (Å²) in [6, 6.07) is 12.0. The van der Waals surface area contributed by atoms with E-state index in [2.05, 4.69) is 22.0 Å². The van der Waals surface area contributed by atoms with E-state index in [1.54, 1.807) is 37.3 Å². The average molecular weight is 470 g/mol. The van der Waals surface area contributed by atoms with Gasteiger partial charge in [-0.05, 0) is 83.4 Å². The smallest absolute Gasteiger partial charge is 0.276 e. The van der Waals surface area contributed by atoms with Crippen LogP contribution in [0.25, 0.3) is 5.82 Å². The van der Waals surface area contributed by atoms with Crippen LogP contribution in [0.5, 0.6) is 0 Å². The van der Waals surface area contributed by atoms with E-state index in [9.17, 15) is 13.2 Å². The Morgan fingerprint density at radius 1 is 1.12 bits per heavy atom. The van der Waals surface area contributed by atoms with Gasteiger partial charge in [0.2, 0.25) is 0 Å². The van der Waals surface area contributed by atoms with Gasteiger partial charge >= 0.3 is 0 Å². The number of sulfonamides is 1. The predicted octanol–water partition coefficient (Wildman–Crippen LogP) is 2.97. The number of aromatic amines is 1. The van der Waals surface area contributed by atoms with Gasteiger partial charge in [-0.25, -0.2) is 18.1 Å². The van der Waals surface area contributed by atoms with E-state index in [-0.39, 0.29) is 10.5 Å². The van der Waals surface area contributed by atoms with Gasteiger partial charge in [-0.3, -0.25) is 14.2 Å². The Hall–Kier alpha value is -2.91. The van der Waals surface area contributed by atoms with Crippen LogP contribution in [-0.4, -0.2) is 54.8 Å². The summed E-state index contributed by atoms with van der Waals surface area (Å²) in [5, 5.41) is 3.12. The second-order valence-corrected chi connectivity index (χ2v) is 10.5. The molecular formula is C24H31N5O3S. The molecule has 0 bridgehead atoms. The zero-order chi connectivity index (χ0) is 23.6. The Morgan fingerprint density at radius 2 is 1.82 bits per heavy atom. The summed E-state index contributed by atoms with van der Waals surface area (Å²) in [4.78, 5) is 19.8.